The Morgan fingerprint density at radius 3 is 2.76 bits per heavy atom. The Morgan fingerprint density at radius 2 is 2.05 bits per heavy atom. The standard InChI is InChI=1S/C16H16N4O/c1-20(11-13-5-2-4-12(8-13)10-17)16(21)19-15-7-3-6-14(18)9-15/h2-9H,11,18H2,1H3,(H,19,21). The summed E-state index contributed by atoms with van der Waals surface area (Å²) in [5.74, 6) is 0. The number of anilines is 2. The highest BCUT2D eigenvalue weighted by Crippen LogP contribution is 2.13. The van der Waals surface area contributed by atoms with Gasteiger partial charge in [-0.1, -0.05) is 18.2 Å². The van der Waals surface area contributed by atoms with Crippen LogP contribution in [-0.4, -0.2) is 18.0 Å². The first-order valence-corrected chi connectivity index (χ1v) is 6.45. The molecule has 2 aromatic rings. The second-order valence-electron chi connectivity index (χ2n) is 4.72. The third-order valence-corrected chi connectivity index (χ3v) is 2.96. The van der Waals surface area contributed by atoms with Crippen molar-refractivity contribution in [3.8, 4) is 6.07 Å². The molecule has 0 atom stereocenters. The fraction of sp³-hybridized carbons (Fsp3) is 0.125. The van der Waals surface area contributed by atoms with Gasteiger partial charge in [0.1, 0.15) is 0 Å². The minimum absolute atomic E-state index is 0.233. The normalized spacial score (nSPS) is 9.71. The lowest BCUT2D eigenvalue weighted by Gasteiger charge is -2.18. The predicted octanol–water partition coefficient (Wildman–Crippen LogP) is 2.80. The predicted molar refractivity (Wildman–Crippen MR) is 82.5 cm³/mol. The van der Waals surface area contributed by atoms with Gasteiger partial charge in [-0.05, 0) is 35.9 Å². The van der Waals surface area contributed by atoms with E-state index in [0.29, 0.717) is 23.5 Å². The van der Waals surface area contributed by atoms with Crippen LogP contribution in [-0.2, 0) is 6.54 Å². The lowest BCUT2D eigenvalue weighted by atomic mass is 10.1. The van der Waals surface area contributed by atoms with Gasteiger partial charge in [0.2, 0.25) is 0 Å². The van der Waals surface area contributed by atoms with Crippen molar-refractivity contribution >= 4 is 17.4 Å². The van der Waals surface area contributed by atoms with Crippen LogP contribution in [0.1, 0.15) is 11.1 Å². The van der Waals surface area contributed by atoms with Gasteiger partial charge in [0.15, 0.2) is 0 Å². The molecule has 2 amide bonds. The van der Waals surface area contributed by atoms with E-state index in [1.54, 1.807) is 54.4 Å². The number of hydrogen-bond acceptors (Lipinski definition) is 3. The van der Waals surface area contributed by atoms with Crippen LogP contribution >= 0.6 is 0 Å². The molecule has 5 heteroatoms. The van der Waals surface area contributed by atoms with Crippen molar-refractivity contribution in [2.75, 3.05) is 18.1 Å². The molecule has 5 nitrogen and oxygen atoms in total. The van der Waals surface area contributed by atoms with Crippen LogP contribution in [0.25, 0.3) is 0 Å². The summed E-state index contributed by atoms with van der Waals surface area (Å²) in [6.07, 6.45) is 0. The van der Waals surface area contributed by atoms with E-state index in [2.05, 4.69) is 11.4 Å². The number of rotatable bonds is 3. The largest absolute Gasteiger partial charge is 0.399 e. The van der Waals surface area contributed by atoms with E-state index in [4.69, 9.17) is 11.0 Å². The van der Waals surface area contributed by atoms with Crippen molar-refractivity contribution in [1.82, 2.24) is 4.90 Å². The highest BCUT2D eigenvalue weighted by Gasteiger charge is 2.09. The monoisotopic (exact) mass is 280 g/mol. The molecule has 21 heavy (non-hydrogen) atoms. The zero-order valence-electron chi connectivity index (χ0n) is 11.7. The molecule has 0 fully saturated rings. The molecule has 0 saturated carbocycles. The highest BCUT2D eigenvalue weighted by molar-refractivity contribution is 5.89. The van der Waals surface area contributed by atoms with Crippen LogP contribution in [0.4, 0.5) is 16.2 Å². The molecule has 0 radical (unpaired) electrons. The summed E-state index contributed by atoms with van der Waals surface area (Å²) < 4.78 is 0. The summed E-state index contributed by atoms with van der Waals surface area (Å²) in [6, 6.07) is 16.0. The molecule has 2 rings (SSSR count). The van der Waals surface area contributed by atoms with Crippen LogP contribution < -0.4 is 11.1 Å². The summed E-state index contributed by atoms with van der Waals surface area (Å²) in [5.41, 5.74) is 8.40. The van der Waals surface area contributed by atoms with Crippen LogP contribution in [0.5, 0.6) is 0 Å². The Hall–Kier alpha value is -3.00. The summed E-state index contributed by atoms with van der Waals surface area (Å²) in [5, 5.41) is 11.6. The van der Waals surface area contributed by atoms with Crippen LogP contribution in [0, 0.1) is 11.3 Å². The van der Waals surface area contributed by atoms with Crippen molar-refractivity contribution in [2.24, 2.45) is 0 Å². The fourth-order valence-electron chi connectivity index (χ4n) is 1.92. The van der Waals surface area contributed by atoms with Gasteiger partial charge >= 0.3 is 6.03 Å². The SMILES string of the molecule is CN(Cc1cccc(C#N)c1)C(=O)Nc1cccc(N)c1. The molecule has 106 valence electrons. The number of nitrogens with two attached hydrogens (primary N) is 1. The highest BCUT2D eigenvalue weighted by atomic mass is 16.2. The maximum Gasteiger partial charge on any atom is 0.321 e. The number of nitrogens with zero attached hydrogens (tertiary/aromatic N) is 2. The number of hydrogen-bond donors (Lipinski definition) is 2. The minimum atomic E-state index is -0.233. The number of benzene rings is 2. The molecule has 0 aromatic heterocycles. The molecule has 0 aliphatic rings. The zero-order chi connectivity index (χ0) is 15.2. The van der Waals surface area contributed by atoms with Crippen LogP contribution in [0.3, 0.4) is 0 Å². The summed E-state index contributed by atoms with van der Waals surface area (Å²) in [6.45, 7) is 0.420. The van der Waals surface area contributed by atoms with Gasteiger partial charge in [-0.15, -0.1) is 0 Å². The van der Waals surface area contributed by atoms with Crippen molar-refractivity contribution in [2.45, 2.75) is 6.54 Å². The Kier molecular flexibility index (Phi) is 4.42. The third-order valence-electron chi connectivity index (χ3n) is 2.96. The van der Waals surface area contributed by atoms with E-state index in [1.165, 1.54) is 0 Å². The van der Waals surface area contributed by atoms with Crippen molar-refractivity contribution in [1.29, 1.82) is 5.26 Å². The van der Waals surface area contributed by atoms with Gasteiger partial charge in [-0.3, -0.25) is 0 Å². The maximum absolute atomic E-state index is 12.1. The lowest BCUT2D eigenvalue weighted by Crippen LogP contribution is -2.30. The second kappa shape index (κ2) is 6.44. The fourth-order valence-corrected chi connectivity index (χ4v) is 1.92. The molecule has 0 heterocycles. The molecule has 0 spiro atoms. The third kappa shape index (κ3) is 3.98. The second-order valence-corrected chi connectivity index (χ2v) is 4.72. The Bertz CT molecular complexity index is 691. The summed E-state index contributed by atoms with van der Waals surface area (Å²) >= 11 is 0. The van der Waals surface area contributed by atoms with E-state index < -0.39 is 0 Å². The molecule has 0 bridgehead atoms. The van der Waals surface area contributed by atoms with Crippen molar-refractivity contribution < 1.29 is 4.79 Å². The number of amides is 2. The molecular weight excluding hydrogens is 264 g/mol. The molecule has 0 aliphatic heterocycles. The lowest BCUT2D eigenvalue weighted by molar-refractivity contribution is 0.220. The van der Waals surface area contributed by atoms with Crippen LogP contribution in [0.2, 0.25) is 0 Å². The topological polar surface area (TPSA) is 82.2 Å². The summed E-state index contributed by atoms with van der Waals surface area (Å²) in [4.78, 5) is 13.6. The molecule has 3 N–H and O–H groups in total. The molecule has 0 unspecified atom stereocenters. The smallest absolute Gasteiger partial charge is 0.321 e. The van der Waals surface area contributed by atoms with Crippen molar-refractivity contribution in [3.63, 3.8) is 0 Å². The first-order chi connectivity index (χ1) is 10.1. The quantitative estimate of drug-likeness (QED) is 0.848. The molecule has 2 aromatic carbocycles. The Morgan fingerprint density at radius 1 is 1.29 bits per heavy atom. The number of nitriles is 1. The number of carbonyl (C=O) groups excluding carboxylic acids is 1. The first-order valence-electron chi connectivity index (χ1n) is 6.45. The number of nitrogen functional groups attached to an aromatic ring is 1. The number of nitrogens with one attached hydrogen (secondary N) is 1. The molecule has 0 saturated heterocycles. The first kappa shape index (κ1) is 14.4. The maximum atomic E-state index is 12.1. The zero-order valence-corrected chi connectivity index (χ0v) is 11.7. The van der Waals surface area contributed by atoms with Gasteiger partial charge in [0, 0.05) is 25.0 Å². The average molecular weight is 280 g/mol. The molecular formula is C16H16N4O. The van der Waals surface area contributed by atoms with Crippen LogP contribution in [0.15, 0.2) is 48.5 Å². The van der Waals surface area contributed by atoms with Gasteiger partial charge in [-0.25, -0.2) is 4.79 Å². The minimum Gasteiger partial charge on any atom is -0.399 e. The Balaban J connectivity index is 2.01. The van der Waals surface area contributed by atoms with Gasteiger partial charge in [0.25, 0.3) is 0 Å². The molecule has 0 aliphatic carbocycles. The van der Waals surface area contributed by atoms with E-state index in [1.807, 2.05) is 6.07 Å². The summed E-state index contributed by atoms with van der Waals surface area (Å²) in [7, 11) is 1.70. The van der Waals surface area contributed by atoms with Gasteiger partial charge in [0.05, 0.1) is 11.6 Å². The van der Waals surface area contributed by atoms with Gasteiger partial charge in [-0.2, -0.15) is 5.26 Å². The van der Waals surface area contributed by atoms with E-state index in [-0.39, 0.29) is 6.03 Å². The van der Waals surface area contributed by atoms with Crippen molar-refractivity contribution in [3.05, 3.63) is 59.7 Å². The van der Waals surface area contributed by atoms with E-state index >= 15 is 0 Å². The number of carbonyl (C=O) groups is 1. The number of urea groups is 1. The van der Waals surface area contributed by atoms with Gasteiger partial charge < -0.3 is 16.0 Å². The van der Waals surface area contributed by atoms with E-state index in [0.717, 1.165) is 5.56 Å². The Labute approximate surface area is 123 Å². The average Bonchev–Trinajstić information content (AvgIpc) is 2.47. The van der Waals surface area contributed by atoms with E-state index in [9.17, 15) is 4.79 Å².